The van der Waals surface area contributed by atoms with Gasteiger partial charge in [-0.2, -0.15) is 8.42 Å². The van der Waals surface area contributed by atoms with Crippen LogP contribution in [0.3, 0.4) is 0 Å². The molecule has 0 rings (SSSR count). The monoisotopic (exact) mass is 320 g/mol. The van der Waals surface area contributed by atoms with Crippen molar-refractivity contribution in [2.24, 2.45) is 0 Å². The topological polar surface area (TPSA) is 43.4 Å². The van der Waals surface area contributed by atoms with Crippen molar-refractivity contribution in [3.8, 4) is 0 Å². The zero-order valence-corrected chi connectivity index (χ0v) is 15.2. The van der Waals surface area contributed by atoms with Crippen molar-refractivity contribution in [3.05, 3.63) is 0 Å². The van der Waals surface area contributed by atoms with Crippen molar-refractivity contribution < 1.29 is 12.6 Å². The van der Waals surface area contributed by atoms with Crippen LogP contribution in [0.4, 0.5) is 0 Å². The first-order valence-corrected chi connectivity index (χ1v) is 10.7. The molecule has 1 atom stereocenters. The SMILES string of the molecule is CCCCCCCCCCCCCCC(C)OS(C)(=O)=O. The van der Waals surface area contributed by atoms with E-state index >= 15 is 0 Å². The Morgan fingerprint density at radius 1 is 0.762 bits per heavy atom. The number of rotatable bonds is 15. The van der Waals surface area contributed by atoms with Gasteiger partial charge in [-0.05, 0) is 13.3 Å². The summed E-state index contributed by atoms with van der Waals surface area (Å²) >= 11 is 0. The zero-order chi connectivity index (χ0) is 16.0. The fourth-order valence-corrected chi connectivity index (χ4v) is 3.31. The maximum atomic E-state index is 10.9. The van der Waals surface area contributed by atoms with Crippen molar-refractivity contribution >= 4 is 10.1 Å². The van der Waals surface area contributed by atoms with E-state index in [0.29, 0.717) is 0 Å². The van der Waals surface area contributed by atoms with E-state index in [1.807, 2.05) is 6.92 Å². The van der Waals surface area contributed by atoms with Gasteiger partial charge in [0.25, 0.3) is 10.1 Å². The van der Waals surface area contributed by atoms with Gasteiger partial charge in [0.15, 0.2) is 0 Å². The van der Waals surface area contributed by atoms with E-state index in [0.717, 1.165) is 19.1 Å². The van der Waals surface area contributed by atoms with Gasteiger partial charge in [-0.3, -0.25) is 4.18 Å². The summed E-state index contributed by atoms with van der Waals surface area (Å²) in [5.74, 6) is 0. The highest BCUT2D eigenvalue weighted by Crippen LogP contribution is 2.14. The van der Waals surface area contributed by atoms with Crippen LogP contribution in [0, 0.1) is 0 Å². The quantitative estimate of drug-likeness (QED) is 0.298. The summed E-state index contributed by atoms with van der Waals surface area (Å²) in [6, 6.07) is 0. The molecule has 0 radical (unpaired) electrons. The Balaban J connectivity index is 3.19. The molecule has 0 aromatic heterocycles. The van der Waals surface area contributed by atoms with Crippen LogP contribution in [0.1, 0.15) is 97.3 Å². The summed E-state index contributed by atoms with van der Waals surface area (Å²) in [7, 11) is -3.29. The first-order valence-electron chi connectivity index (χ1n) is 8.84. The molecule has 0 saturated heterocycles. The Morgan fingerprint density at radius 2 is 1.14 bits per heavy atom. The zero-order valence-electron chi connectivity index (χ0n) is 14.4. The van der Waals surface area contributed by atoms with Crippen molar-refractivity contribution in [2.75, 3.05) is 6.26 Å². The highest BCUT2D eigenvalue weighted by atomic mass is 32.2. The Hall–Kier alpha value is -0.0900. The van der Waals surface area contributed by atoms with Gasteiger partial charge >= 0.3 is 0 Å². The van der Waals surface area contributed by atoms with Crippen LogP contribution in [0.2, 0.25) is 0 Å². The van der Waals surface area contributed by atoms with Gasteiger partial charge in [0.1, 0.15) is 0 Å². The summed E-state index contributed by atoms with van der Waals surface area (Å²) in [6.07, 6.45) is 17.7. The first-order chi connectivity index (χ1) is 9.95. The molecule has 0 spiro atoms. The molecule has 3 nitrogen and oxygen atoms in total. The predicted molar refractivity (Wildman–Crippen MR) is 91.1 cm³/mol. The summed E-state index contributed by atoms with van der Waals surface area (Å²) in [5.41, 5.74) is 0. The van der Waals surface area contributed by atoms with Crippen LogP contribution in [-0.2, 0) is 14.3 Å². The molecule has 0 amide bonds. The number of unbranched alkanes of at least 4 members (excludes halogenated alkanes) is 11. The Morgan fingerprint density at radius 3 is 1.52 bits per heavy atom. The highest BCUT2D eigenvalue weighted by Gasteiger charge is 2.09. The van der Waals surface area contributed by atoms with Crippen LogP contribution < -0.4 is 0 Å². The average Bonchev–Trinajstić information content (AvgIpc) is 2.38. The number of hydrogen-bond donors (Lipinski definition) is 0. The standard InChI is InChI=1S/C17H36O3S/c1-4-5-6-7-8-9-10-11-12-13-14-15-16-17(2)20-21(3,18)19/h17H,4-16H2,1-3H3. The molecule has 0 fully saturated rings. The van der Waals surface area contributed by atoms with E-state index in [2.05, 4.69) is 6.92 Å². The third-order valence-electron chi connectivity index (χ3n) is 3.80. The van der Waals surface area contributed by atoms with E-state index in [-0.39, 0.29) is 6.10 Å². The summed E-state index contributed by atoms with van der Waals surface area (Å²) in [5, 5.41) is 0. The van der Waals surface area contributed by atoms with E-state index < -0.39 is 10.1 Å². The lowest BCUT2D eigenvalue weighted by atomic mass is 10.0. The van der Waals surface area contributed by atoms with E-state index in [1.54, 1.807) is 0 Å². The van der Waals surface area contributed by atoms with Gasteiger partial charge < -0.3 is 0 Å². The third-order valence-corrected chi connectivity index (χ3v) is 4.48. The molecule has 1 unspecified atom stereocenters. The van der Waals surface area contributed by atoms with Gasteiger partial charge in [0, 0.05) is 0 Å². The molecule has 0 bridgehead atoms. The lowest BCUT2D eigenvalue weighted by molar-refractivity contribution is 0.216. The molecule has 0 N–H and O–H groups in total. The van der Waals surface area contributed by atoms with Gasteiger partial charge in [-0.1, -0.05) is 84.0 Å². The third kappa shape index (κ3) is 17.9. The summed E-state index contributed by atoms with van der Waals surface area (Å²) < 4.78 is 26.8. The lowest BCUT2D eigenvalue weighted by Gasteiger charge is -2.10. The van der Waals surface area contributed by atoms with Gasteiger partial charge in [-0.25, -0.2) is 0 Å². The minimum absolute atomic E-state index is 0.178. The molecule has 0 aliphatic heterocycles. The molecular formula is C17H36O3S. The normalized spacial score (nSPS) is 13.5. The van der Waals surface area contributed by atoms with Crippen molar-refractivity contribution in [3.63, 3.8) is 0 Å². The summed E-state index contributed by atoms with van der Waals surface area (Å²) in [4.78, 5) is 0. The Kier molecular flexibility index (Phi) is 13.5. The van der Waals surface area contributed by atoms with Crippen LogP contribution in [0.25, 0.3) is 0 Å². The maximum Gasteiger partial charge on any atom is 0.264 e. The lowest BCUT2D eigenvalue weighted by Crippen LogP contribution is -2.13. The van der Waals surface area contributed by atoms with Gasteiger partial charge in [0.2, 0.25) is 0 Å². The largest absolute Gasteiger partial charge is 0.267 e. The fraction of sp³-hybridized carbons (Fsp3) is 1.00. The van der Waals surface area contributed by atoms with Crippen LogP contribution in [0.15, 0.2) is 0 Å². The Labute approximate surface area is 133 Å². The van der Waals surface area contributed by atoms with Gasteiger partial charge in [-0.15, -0.1) is 0 Å². The van der Waals surface area contributed by atoms with Crippen LogP contribution in [-0.4, -0.2) is 20.8 Å². The van der Waals surface area contributed by atoms with Crippen LogP contribution >= 0.6 is 0 Å². The molecule has 0 aliphatic rings. The minimum Gasteiger partial charge on any atom is -0.267 e. The van der Waals surface area contributed by atoms with Crippen LogP contribution in [0.5, 0.6) is 0 Å². The molecule has 0 aromatic rings. The molecular weight excluding hydrogens is 284 g/mol. The number of hydrogen-bond acceptors (Lipinski definition) is 3. The van der Waals surface area contributed by atoms with E-state index in [4.69, 9.17) is 4.18 Å². The molecule has 21 heavy (non-hydrogen) atoms. The first kappa shape index (κ1) is 20.9. The molecule has 0 heterocycles. The molecule has 0 aliphatic carbocycles. The predicted octanol–water partition coefficient (Wildman–Crippen LogP) is 5.44. The second-order valence-corrected chi connectivity index (χ2v) is 7.89. The molecule has 128 valence electrons. The second kappa shape index (κ2) is 13.6. The average molecular weight is 321 g/mol. The molecule has 0 aromatic carbocycles. The van der Waals surface area contributed by atoms with E-state index in [9.17, 15) is 8.42 Å². The Bertz CT molecular complexity index is 312. The molecule has 4 heteroatoms. The fourth-order valence-electron chi connectivity index (χ4n) is 2.62. The molecule has 0 saturated carbocycles. The van der Waals surface area contributed by atoms with E-state index in [1.165, 1.54) is 70.6 Å². The second-order valence-electron chi connectivity index (χ2n) is 6.29. The van der Waals surface area contributed by atoms with Gasteiger partial charge in [0.05, 0.1) is 12.4 Å². The maximum absolute atomic E-state index is 10.9. The minimum atomic E-state index is -3.29. The summed E-state index contributed by atoms with van der Waals surface area (Å²) in [6.45, 7) is 4.09. The highest BCUT2D eigenvalue weighted by molar-refractivity contribution is 7.86. The van der Waals surface area contributed by atoms with Crippen molar-refractivity contribution in [1.82, 2.24) is 0 Å². The van der Waals surface area contributed by atoms with Crippen molar-refractivity contribution in [2.45, 2.75) is 103 Å². The smallest absolute Gasteiger partial charge is 0.264 e. The van der Waals surface area contributed by atoms with Crippen molar-refractivity contribution in [1.29, 1.82) is 0 Å².